The molecule has 34 heavy (non-hydrogen) atoms. The summed E-state index contributed by atoms with van der Waals surface area (Å²) in [5, 5.41) is 12.5. The summed E-state index contributed by atoms with van der Waals surface area (Å²) in [6, 6.07) is 11.7. The van der Waals surface area contributed by atoms with E-state index in [1.54, 1.807) is 42.5 Å². The number of nitrogens with zero attached hydrogens (tertiary/aromatic N) is 3. The van der Waals surface area contributed by atoms with E-state index < -0.39 is 10.0 Å². The van der Waals surface area contributed by atoms with Crippen molar-refractivity contribution in [2.75, 3.05) is 17.6 Å². The van der Waals surface area contributed by atoms with Crippen LogP contribution in [0.15, 0.2) is 52.5 Å². The summed E-state index contributed by atoms with van der Waals surface area (Å²) in [6.07, 6.45) is 0.752. The number of sulfonamides is 1. The first-order chi connectivity index (χ1) is 16.2. The van der Waals surface area contributed by atoms with E-state index >= 15 is 0 Å². The van der Waals surface area contributed by atoms with E-state index in [9.17, 15) is 13.2 Å². The fourth-order valence-electron chi connectivity index (χ4n) is 3.22. The SMILES string of the molecule is CC(C)CCNS(=O)(=O)c1ccc2[nH]c3nc(SCC(=O)Nc4cccc(Cl)c4)nnc3c2c1. The molecule has 178 valence electrons. The number of nitrogens with one attached hydrogen (secondary N) is 3. The van der Waals surface area contributed by atoms with Crippen molar-refractivity contribution in [1.82, 2.24) is 24.9 Å². The second-order valence-corrected chi connectivity index (χ2v) is 11.2. The normalized spacial score (nSPS) is 12.0. The van der Waals surface area contributed by atoms with Crippen molar-refractivity contribution in [1.29, 1.82) is 0 Å². The van der Waals surface area contributed by atoms with Crippen LogP contribution in [-0.4, -0.2) is 46.8 Å². The molecule has 2 aromatic carbocycles. The average Bonchev–Trinajstić information content (AvgIpc) is 3.14. The number of aromatic nitrogens is 4. The third kappa shape index (κ3) is 5.84. The lowest BCUT2D eigenvalue weighted by atomic mass is 10.1. The first-order valence-electron chi connectivity index (χ1n) is 10.6. The number of fused-ring (bicyclic) bond motifs is 3. The molecule has 0 atom stereocenters. The van der Waals surface area contributed by atoms with Gasteiger partial charge in [0, 0.05) is 28.2 Å². The average molecular weight is 519 g/mol. The highest BCUT2D eigenvalue weighted by Crippen LogP contribution is 2.26. The third-order valence-corrected chi connectivity index (χ3v) is 7.46. The summed E-state index contributed by atoms with van der Waals surface area (Å²) < 4.78 is 27.9. The van der Waals surface area contributed by atoms with E-state index in [-0.39, 0.29) is 16.6 Å². The molecule has 4 aromatic rings. The standard InChI is InChI=1S/C22H23ClN6O3S2/c1-13(2)8-9-24-34(31,32)16-6-7-18-17(11-16)20-21(26-18)27-22(29-28-20)33-12-19(30)25-15-5-3-4-14(23)10-15/h3-7,10-11,13,24H,8-9,12H2,1-2H3,(H,25,30)(H,26,27,29). The molecule has 1 amide bonds. The Morgan fingerprint density at radius 2 is 2.00 bits per heavy atom. The first kappa shape index (κ1) is 24.4. The minimum atomic E-state index is -3.64. The molecule has 3 N–H and O–H groups in total. The van der Waals surface area contributed by atoms with E-state index in [0.29, 0.717) is 50.4 Å². The van der Waals surface area contributed by atoms with Gasteiger partial charge in [-0.2, -0.15) is 0 Å². The Kier molecular flexibility index (Phi) is 7.36. The van der Waals surface area contributed by atoms with Crippen LogP contribution in [-0.2, 0) is 14.8 Å². The molecule has 0 saturated carbocycles. The van der Waals surface area contributed by atoms with Crippen LogP contribution < -0.4 is 10.0 Å². The maximum absolute atomic E-state index is 12.6. The number of hydrogen-bond donors (Lipinski definition) is 3. The van der Waals surface area contributed by atoms with E-state index in [0.717, 1.165) is 18.2 Å². The fourth-order valence-corrected chi connectivity index (χ4v) is 5.07. The number of hydrogen-bond acceptors (Lipinski definition) is 7. The molecule has 0 aliphatic rings. The van der Waals surface area contributed by atoms with Crippen molar-refractivity contribution in [2.45, 2.75) is 30.3 Å². The molecule has 0 fully saturated rings. The summed E-state index contributed by atoms with van der Waals surface area (Å²) in [6.45, 7) is 4.45. The summed E-state index contributed by atoms with van der Waals surface area (Å²) in [7, 11) is -3.64. The van der Waals surface area contributed by atoms with Crippen molar-refractivity contribution in [2.24, 2.45) is 5.92 Å². The molecule has 0 bridgehead atoms. The van der Waals surface area contributed by atoms with Gasteiger partial charge in [-0.3, -0.25) is 4.79 Å². The van der Waals surface area contributed by atoms with Gasteiger partial charge in [-0.05, 0) is 48.7 Å². The van der Waals surface area contributed by atoms with Crippen LogP contribution in [0.25, 0.3) is 22.1 Å². The quantitative estimate of drug-likeness (QED) is 0.283. The number of H-pyrrole nitrogens is 1. The number of anilines is 1. The largest absolute Gasteiger partial charge is 0.338 e. The number of aromatic amines is 1. The molecule has 0 spiro atoms. The van der Waals surface area contributed by atoms with Gasteiger partial charge in [0.05, 0.1) is 10.6 Å². The molecule has 9 nitrogen and oxygen atoms in total. The molecule has 2 aromatic heterocycles. The second-order valence-electron chi connectivity index (χ2n) is 8.05. The topological polar surface area (TPSA) is 130 Å². The number of carbonyl (C=O) groups excluding carboxylic acids is 1. The number of thioether (sulfide) groups is 1. The Bertz CT molecular complexity index is 1460. The summed E-state index contributed by atoms with van der Waals surface area (Å²) in [5.74, 6) is 0.257. The number of amides is 1. The number of benzene rings is 2. The molecule has 0 saturated heterocycles. The van der Waals surface area contributed by atoms with Gasteiger partial charge in [0.15, 0.2) is 5.65 Å². The minimum absolute atomic E-state index is 0.0877. The zero-order chi connectivity index (χ0) is 24.3. The predicted molar refractivity (Wildman–Crippen MR) is 135 cm³/mol. The molecule has 0 unspecified atom stereocenters. The Hall–Kier alpha value is -2.73. The van der Waals surface area contributed by atoms with Gasteiger partial charge in [0.1, 0.15) is 5.52 Å². The van der Waals surface area contributed by atoms with Gasteiger partial charge in [0.25, 0.3) is 0 Å². The van der Waals surface area contributed by atoms with Crippen molar-refractivity contribution in [3.8, 4) is 0 Å². The van der Waals surface area contributed by atoms with Crippen LogP contribution in [0.2, 0.25) is 5.02 Å². The van der Waals surface area contributed by atoms with Gasteiger partial charge < -0.3 is 10.3 Å². The van der Waals surface area contributed by atoms with Gasteiger partial charge in [0.2, 0.25) is 21.1 Å². The van der Waals surface area contributed by atoms with Gasteiger partial charge in [-0.15, -0.1) is 10.2 Å². The lowest BCUT2D eigenvalue weighted by Gasteiger charge is -2.08. The third-order valence-electron chi connectivity index (χ3n) is 4.93. The van der Waals surface area contributed by atoms with Gasteiger partial charge in [-0.1, -0.05) is 43.3 Å². The summed E-state index contributed by atoms with van der Waals surface area (Å²) in [5.41, 5.74) is 2.22. The van der Waals surface area contributed by atoms with E-state index in [1.165, 1.54) is 0 Å². The van der Waals surface area contributed by atoms with Crippen molar-refractivity contribution in [3.63, 3.8) is 0 Å². The minimum Gasteiger partial charge on any atom is -0.338 e. The van der Waals surface area contributed by atoms with E-state index in [4.69, 9.17) is 11.6 Å². The summed E-state index contributed by atoms with van der Waals surface area (Å²) in [4.78, 5) is 19.9. The molecular formula is C22H23ClN6O3S2. The highest BCUT2D eigenvalue weighted by molar-refractivity contribution is 7.99. The zero-order valence-electron chi connectivity index (χ0n) is 18.5. The maximum Gasteiger partial charge on any atom is 0.240 e. The lowest BCUT2D eigenvalue weighted by molar-refractivity contribution is -0.113. The number of carbonyl (C=O) groups is 1. The number of halogens is 1. The molecule has 4 rings (SSSR count). The Balaban J connectivity index is 1.48. The molecule has 12 heteroatoms. The van der Waals surface area contributed by atoms with E-state index in [2.05, 4.69) is 30.2 Å². The van der Waals surface area contributed by atoms with E-state index in [1.807, 2.05) is 13.8 Å². The highest BCUT2D eigenvalue weighted by Gasteiger charge is 2.17. The monoisotopic (exact) mass is 518 g/mol. The van der Waals surface area contributed by atoms with Crippen molar-refractivity contribution < 1.29 is 13.2 Å². The van der Waals surface area contributed by atoms with Crippen LogP contribution in [0.5, 0.6) is 0 Å². The smallest absolute Gasteiger partial charge is 0.240 e. The van der Waals surface area contributed by atoms with Gasteiger partial charge >= 0.3 is 0 Å². The molecular weight excluding hydrogens is 496 g/mol. The van der Waals surface area contributed by atoms with Crippen LogP contribution in [0.1, 0.15) is 20.3 Å². The Morgan fingerprint density at radius 1 is 1.18 bits per heavy atom. The molecule has 0 radical (unpaired) electrons. The Morgan fingerprint density at radius 3 is 2.76 bits per heavy atom. The van der Waals surface area contributed by atoms with Crippen LogP contribution >= 0.6 is 23.4 Å². The molecule has 0 aliphatic heterocycles. The van der Waals surface area contributed by atoms with Crippen molar-refractivity contribution >= 4 is 67.0 Å². The fraction of sp³-hybridized carbons (Fsp3) is 0.273. The molecule has 0 aliphatic carbocycles. The second kappa shape index (κ2) is 10.3. The maximum atomic E-state index is 12.6. The molecule has 2 heterocycles. The van der Waals surface area contributed by atoms with Crippen LogP contribution in [0, 0.1) is 5.92 Å². The Labute approximate surface area is 206 Å². The number of rotatable bonds is 9. The van der Waals surface area contributed by atoms with Gasteiger partial charge in [-0.25, -0.2) is 18.1 Å². The lowest BCUT2D eigenvalue weighted by Crippen LogP contribution is -2.25. The van der Waals surface area contributed by atoms with Crippen LogP contribution in [0.3, 0.4) is 0 Å². The van der Waals surface area contributed by atoms with Crippen molar-refractivity contribution in [3.05, 3.63) is 47.5 Å². The highest BCUT2D eigenvalue weighted by atomic mass is 35.5. The predicted octanol–water partition coefficient (Wildman–Crippen LogP) is 4.21. The zero-order valence-corrected chi connectivity index (χ0v) is 20.9. The summed E-state index contributed by atoms with van der Waals surface area (Å²) >= 11 is 7.07. The first-order valence-corrected chi connectivity index (χ1v) is 13.4. The van der Waals surface area contributed by atoms with Crippen LogP contribution in [0.4, 0.5) is 5.69 Å².